The molecule has 6 nitrogen and oxygen atoms in total. The fourth-order valence-corrected chi connectivity index (χ4v) is 3.45. The fourth-order valence-electron chi connectivity index (χ4n) is 2.49. The summed E-state index contributed by atoms with van der Waals surface area (Å²) in [7, 11) is -4.13. The van der Waals surface area contributed by atoms with Gasteiger partial charge in [-0.3, -0.25) is 0 Å². The van der Waals surface area contributed by atoms with Crippen LogP contribution in [-0.4, -0.2) is 31.4 Å². The summed E-state index contributed by atoms with van der Waals surface area (Å²) in [5.41, 5.74) is 0.542. The Hall–Kier alpha value is -2.61. The number of urea groups is 1. The van der Waals surface area contributed by atoms with Crippen LogP contribution in [-0.2, 0) is 16.7 Å². The maximum absolute atomic E-state index is 13.1. The Kier molecular flexibility index (Phi) is 7.01. The standard InChI is InChI=1S/C20H25FN2O4S/c1-14(2)22-20(24)23(15(3)4)13-16-7-5-6-8-19(16)27-28(25,26)18-11-9-17(21)10-12-18/h5-12,14-15H,13H2,1-4H3,(H,22,24). The van der Waals surface area contributed by atoms with Crippen molar-refractivity contribution in [2.24, 2.45) is 0 Å². The second kappa shape index (κ2) is 9.05. The molecule has 8 heteroatoms. The van der Waals surface area contributed by atoms with Crippen LogP contribution in [0, 0.1) is 5.82 Å². The molecule has 0 saturated carbocycles. The second-order valence-corrected chi connectivity index (χ2v) is 8.47. The number of nitrogens with zero attached hydrogens (tertiary/aromatic N) is 1. The minimum atomic E-state index is -4.13. The lowest BCUT2D eigenvalue weighted by Gasteiger charge is -2.28. The predicted octanol–water partition coefficient (Wildman–Crippen LogP) is 3.92. The smallest absolute Gasteiger partial charge is 0.339 e. The highest BCUT2D eigenvalue weighted by molar-refractivity contribution is 7.87. The molecule has 0 aliphatic heterocycles. The molecule has 152 valence electrons. The summed E-state index contributed by atoms with van der Waals surface area (Å²) in [5.74, 6) is -0.419. The molecule has 0 spiro atoms. The quantitative estimate of drug-likeness (QED) is 0.705. The summed E-state index contributed by atoms with van der Waals surface area (Å²) < 4.78 is 43.4. The Balaban J connectivity index is 2.29. The Bertz CT molecular complexity index is 912. The van der Waals surface area contributed by atoms with Gasteiger partial charge >= 0.3 is 16.1 Å². The van der Waals surface area contributed by atoms with E-state index >= 15 is 0 Å². The molecule has 0 fully saturated rings. The Morgan fingerprint density at radius 3 is 2.25 bits per heavy atom. The van der Waals surface area contributed by atoms with Crippen LogP contribution in [0.2, 0.25) is 0 Å². The minimum absolute atomic E-state index is 0.0286. The molecule has 2 aromatic carbocycles. The molecule has 0 aliphatic rings. The van der Waals surface area contributed by atoms with Gasteiger partial charge in [-0.2, -0.15) is 8.42 Å². The maximum Gasteiger partial charge on any atom is 0.339 e. The molecule has 0 aromatic heterocycles. The van der Waals surface area contributed by atoms with Crippen molar-refractivity contribution in [2.45, 2.75) is 51.2 Å². The van der Waals surface area contributed by atoms with E-state index in [0.29, 0.717) is 5.56 Å². The molecule has 2 aromatic rings. The van der Waals surface area contributed by atoms with Crippen molar-refractivity contribution in [1.29, 1.82) is 0 Å². The molecule has 28 heavy (non-hydrogen) atoms. The number of nitrogens with one attached hydrogen (secondary N) is 1. The Morgan fingerprint density at radius 1 is 1.07 bits per heavy atom. The van der Waals surface area contributed by atoms with E-state index in [1.807, 2.05) is 27.7 Å². The van der Waals surface area contributed by atoms with Crippen LogP contribution in [0.25, 0.3) is 0 Å². The lowest BCUT2D eigenvalue weighted by molar-refractivity contribution is 0.177. The van der Waals surface area contributed by atoms with Gasteiger partial charge < -0.3 is 14.4 Å². The second-order valence-electron chi connectivity index (χ2n) is 6.92. The monoisotopic (exact) mass is 408 g/mol. The third-order valence-corrected chi connectivity index (χ3v) is 5.16. The van der Waals surface area contributed by atoms with E-state index in [2.05, 4.69) is 5.32 Å². The van der Waals surface area contributed by atoms with Gasteiger partial charge in [-0.1, -0.05) is 18.2 Å². The van der Waals surface area contributed by atoms with E-state index in [9.17, 15) is 17.6 Å². The number of halogens is 1. The van der Waals surface area contributed by atoms with E-state index in [4.69, 9.17) is 4.18 Å². The van der Waals surface area contributed by atoms with Crippen molar-refractivity contribution in [3.05, 3.63) is 59.9 Å². The normalized spacial score (nSPS) is 11.5. The van der Waals surface area contributed by atoms with E-state index < -0.39 is 15.9 Å². The summed E-state index contributed by atoms with van der Waals surface area (Å²) in [6, 6.07) is 10.6. The molecule has 0 radical (unpaired) electrons. The van der Waals surface area contributed by atoms with Gasteiger partial charge in [-0.25, -0.2) is 9.18 Å². The zero-order valence-electron chi connectivity index (χ0n) is 16.3. The van der Waals surface area contributed by atoms with Gasteiger partial charge in [0.1, 0.15) is 16.5 Å². The van der Waals surface area contributed by atoms with Gasteiger partial charge in [-0.15, -0.1) is 0 Å². The first-order valence-corrected chi connectivity index (χ1v) is 10.4. The van der Waals surface area contributed by atoms with Crippen molar-refractivity contribution in [3.63, 3.8) is 0 Å². The number of benzene rings is 2. The summed E-state index contributed by atoms with van der Waals surface area (Å²) in [4.78, 5) is 13.9. The Labute approximate surface area is 165 Å². The van der Waals surface area contributed by atoms with Gasteiger partial charge in [0.25, 0.3) is 0 Å². The SMILES string of the molecule is CC(C)NC(=O)N(Cc1ccccc1OS(=O)(=O)c1ccc(F)cc1)C(C)C. The average molecular weight is 408 g/mol. The summed E-state index contributed by atoms with van der Waals surface area (Å²) in [5, 5.41) is 2.84. The highest BCUT2D eigenvalue weighted by Gasteiger charge is 2.22. The van der Waals surface area contributed by atoms with Gasteiger partial charge in [0.2, 0.25) is 0 Å². The first kappa shape index (κ1) is 21.7. The lowest BCUT2D eigenvalue weighted by atomic mass is 10.1. The van der Waals surface area contributed by atoms with Crippen LogP contribution in [0.15, 0.2) is 53.4 Å². The summed E-state index contributed by atoms with van der Waals surface area (Å²) >= 11 is 0. The molecular weight excluding hydrogens is 383 g/mol. The highest BCUT2D eigenvalue weighted by Crippen LogP contribution is 2.25. The average Bonchev–Trinajstić information content (AvgIpc) is 2.60. The van der Waals surface area contributed by atoms with E-state index in [1.165, 1.54) is 6.07 Å². The Morgan fingerprint density at radius 2 is 1.68 bits per heavy atom. The molecule has 0 unspecified atom stereocenters. The topological polar surface area (TPSA) is 75.7 Å². The number of hydrogen-bond acceptors (Lipinski definition) is 4. The number of rotatable bonds is 7. The molecule has 0 bridgehead atoms. The number of para-hydroxylation sites is 1. The molecule has 0 saturated heterocycles. The number of amides is 2. The van der Waals surface area contributed by atoms with Crippen LogP contribution >= 0.6 is 0 Å². The zero-order chi connectivity index (χ0) is 20.9. The van der Waals surface area contributed by atoms with Crippen LogP contribution in [0.5, 0.6) is 5.75 Å². The predicted molar refractivity (Wildman–Crippen MR) is 105 cm³/mol. The molecule has 0 aliphatic carbocycles. The van der Waals surface area contributed by atoms with Gasteiger partial charge in [0.05, 0.1) is 6.54 Å². The molecule has 2 rings (SSSR count). The lowest BCUT2D eigenvalue weighted by Crippen LogP contribution is -2.45. The van der Waals surface area contributed by atoms with Crippen molar-refractivity contribution < 1.29 is 21.8 Å². The first-order chi connectivity index (χ1) is 13.1. The molecule has 0 heterocycles. The molecular formula is C20H25FN2O4S. The van der Waals surface area contributed by atoms with Crippen LogP contribution in [0.1, 0.15) is 33.3 Å². The van der Waals surface area contributed by atoms with Crippen molar-refractivity contribution in [3.8, 4) is 5.75 Å². The maximum atomic E-state index is 13.1. The number of hydrogen-bond donors (Lipinski definition) is 1. The molecule has 2 amide bonds. The summed E-state index contributed by atoms with van der Waals surface area (Å²) in [6.07, 6.45) is 0. The van der Waals surface area contributed by atoms with Crippen LogP contribution in [0.3, 0.4) is 0 Å². The van der Waals surface area contributed by atoms with E-state index in [0.717, 1.165) is 24.3 Å². The van der Waals surface area contributed by atoms with Crippen molar-refractivity contribution in [1.82, 2.24) is 10.2 Å². The molecule has 1 N–H and O–H groups in total. The van der Waals surface area contributed by atoms with E-state index in [1.54, 1.807) is 23.1 Å². The van der Waals surface area contributed by atoms with Gasteiger partial charge in [0, 0.05) is 17.6 Å². The highest BCUT2D eigenvalue weighted by atomic mass is 32.2. The zero-order valence-corrected chi connectivity index (χ0v) is 17.2. The first-order valence-electron chi connectivity index (χ1n) is 8.95. The van der Waals surface area contributed by atoms with Crippen molar-refractivity contribution >= 4 is 16.1 Å². The number of carbonyl (C=O) groups is 1. The fraction of sp³-hybridized carbons (Fsp3) is 0.350. The van der Waals surface area contributed by atoms with Crippen molar-refractivity contribution in [2.75, 3.05) is 0 Å². The minimum Gasteiger partial charge on any atom is -0.379 e. The molecule has 0 atom stereocenters. The summed E-state index contributed by atoms with van der Waals surface area (Å²) in [6.45, 7) is 7.65. The largest absolute Gasteiger partial charge is 0.379 e. The third kappa shape index (κ3) is 5.69. The van der Waals surface area contributed by atoms with Gasteiger partial charge in [0.15, 0.2) is 0 Å². The van der Waals surface area contributed by atoms with Crippen LogP contribution in [0.4, 0.5) is 9.18 Å². The van der Waals surface area contributed by atoms with Crippen LogP contribution < -0.4 is 9.50 Å². The third-order valence-electron chi connectivity index (χ3n) is 3.91. The number of carbonyl (C=O) groups excluding carboxylic acids is 1. The van der Waals surface area contributed by atoms with Gasteiger partial charge in [-0.05, 0) is 58.0 Å². The van der Waals surface area contributed by atoms with E-state index in [-0.39, 0.29) is 35.3 Å².